The molecule has 138 valence electrons. The van der Waals surface area contributed by atoms with Crippen LogP contribution in [-0.2, 0) is 9.53 Å². The zero-order valence-corrected chi connectivity index (χ0v) is 15.0. The average molecular weight is 349 g/mol. The van der Waals surface area contributed by atoms with Crippen LogP contribution in [0, 0.1) is 0 Å². The van der Waals surface area contributed by atoms with Crippen LogP contribution >= 0.6 is 0 Å². The van der Waals surface area contributed by atoms with Gasteiger partial charge in [-0.25, -0.2) is 0 Å². The number of rotatable bonds is 3. The predicted octanol–water partition coefficient (Wildman–Crippen LogP) is 1.06. The summed E-state index contributed by atoms with van der Waals surface area (Å²) in [5, 5.41) is 0. The Labute approximate surface area is 148 Å². The Morgan fingerprint density at radius 3 is 2.52 bits per heavy atom. The smallest absolute Gasteiger partial charge is 0.257 e. The van der Waals surface area contributed by atoms with Gasteiger partial charge >= 0.3 is 0 Å². The van der Waals surface area contributed by atoms with Crippen molar-refractivity contribution >= 4 is 11.8 Å². The molecule has 2 atom stereocenters. The minimum absolute atomic E-state index is 0.00208. The molecule has 0 N–H and O–H groups in total. The SMILES string of the molecule is C[C@@H]1CN(C(=O)CN2CCCN(C(=O)c3ccoc3)CC2)C[C@H](C)O1. The summed E-state index contributed by atoms with van der Waals surface area (Å²) in [6.07, 6.45) is 4.03. The molecule has 0 radical (unpaired) electrons. The molecule has 0 saturated carbocycles. The van der Waals surface area contributed by atoms with Crippen molar-refractivity contribution in [1.82, 2.24) is 14.7 Å². The summed E-state index contributed by atoms with van der Waals surface area (Å²) in [5.74, 6) is 0.148. The lowest BCUT2D eigenvalue weighted by molar-refractivity contribution is -0.144. The molecule has 1 aromatic heterocycles. The summed E-state index contributed by atoms with van der Waals surface area (Å²) in [6.45, 7) is 8.61. The van der Waals surface area contributed by atoms with Gasteiger partial charge in [0.15, 0.2) is 0 Å². The molecule has 7 nitrogen and oxygen atoms in total. The van der Waals surface area contributed by atoms with Crippen molar-refractivity contribution in [2.45, 2.75) is 32.5 Å². The predicted molar refractivity (Wildman–Crippen MR) is 92.3 cm³/mol. The zero-order chi connectivity index (χ0) is 17.8. The molecule has 3 rings (SSSR count). The van der Waals surface area contributed by atoms with E-state index < -0.39 is 0 Å². The Morgan fingerprint density at radius 2 is 1.84 bits per heavy atom. The summed E-state index contributed by atoms with van der Waals surface area (Å²) < 4.78 is 10.7. The van der Waals surface area contributed by atoms with Gasteiger partial charge in [0.05, 0.1) is 30.6 Å². The van der Waals surface area contributed by atoms with Crippen molar-refractivity contribution in [3.63, 3.8) is 0 Å². The topological polar surface area (TPSA) is 66.2 Å². The number of morpholine rings is 1. The maximum atomic E-state index is 12.6. The fraction of sp³-hybridized carbons (Fsp3) is 0.667. The van der Waals surface area contributed by atoms with Gasteiger partial charge in [0.1, 0.15) is 6.26 Å². The second-order valence-corrected chi connectivity index (χ2v) is 6.99. The molecule has 2 saturated heterocycles. The largest absolute Gasteiger partial charge is 0.472 e. The van der Waals surface area contributed by atoms with Crippen LogP contribution in [0.1, 0.15) is 30.6 Å². The number of furan rings is 1. The van der Waals surface area contributed by atoms with Gasteiger partial charge in [-0.2, -0.15) is 0 Å². The first-order chi connectivity index (χ1) is 12.0. The second kappa shape index (κ2) is 8.01. The molecule has 2 aliphatic rings. The fourth-order valence-corrected chi connectivity index (χ4v) is 3.57. The number of hydrogen-bond acceptors (Lipinski definition) is 5. The van der Waals surface area contributed by atoms with Crippen molar-refractivity contribution in [2.75, 3.05) is 45.8 Å². The molecule has 2 fully saturated rings. The van der Waals surface area contributed by atoms with Gasteiger partial charge in [-0.1, -0.05) is 0 Å². The number of ether oxygens (including phenoxy) is 1. The van der Waals surface area contributed by atoms with Gasteiger partial charge in [0.2, 0.25) is 5.91 Å². The molecule has 3 heterocycles. The summed E-state index contributed by atoms with van der Waals surface area (Å²) >= 11 is 0. The number of hydrogen-bond donors (Lipinski definition) is 0. The molecule has 2 aliphatic heterocycles. The van der Waals surface area contributed by atoms with E-state index in [2.05, 4.69) is 4.90 Å². The van der Waals surface area contributed by atoms with Crippen LogP contribution in [0.3, 0.4) is 0 Å². The Bertz CT molecular complexity index is 579. The van der Waals surface area contributed by atoms with Crippen LogP contribution in [0.2, 0.25) is 0 Å². The van der Waals surface area contributed by atoms with Crippen LogP contribution in [0.25, 0.3) is 0 Å². The van der Waals surface area contributed by atoms with Gasteiger partial charge in [-0.15, -0.1) is 0 Å². The molecule has 25 heavy (non-hydrogen) atoms. The molecule has 0 aromatic carbocycles. The van der Waals surface area contributed by atoms with Gasteiger partial charge in [0.25, 0.3) is 5.91 Å². The third-order valence-electron chi connectivity index (χ3n) is 4.78. The Balaban J connectivity index is 1.51. The van der Waals surface area contributed by atoms with E-state index in [9.17, 15) is 9.59 Å². The van der Waals surface area contributed by atoms with Crippen LogP contribution < -0.4 is 0 Å². The first kappa shape index (κ1) is 17.9. The van der Waals surface area contributed by atoms with Crippen LogP contribution in [0.5, 0.6) is 0 Å². The molecule has 1 aromatic rings. The molecular weight excluding hydrogens is 322 g/mol. The molecular formula is C18H27N3O4. The number of carbonyl (C=O) groups excluding carboxylic acids is 2. The summed E-state index contributed by atoms with van der Waals surface area (Å²) in [6, 6.07) is 1.69. The highest BCUT2D eigenvalue weighted by Crippen LogP contribution is 2.13. The monoisotopic (exact) mass is 349 g/mol. The zero-order valence-electron chi connectivity index (χ0n) is 15.0. The van der Waals surface area contributed by atoms with Gasteiger partial charge in [0, 0.05) is 39.3 Å². The third-order valence-corrected chi connectivity index (χ3v) is 4.78. The lowest BCUT2D eigenvalue weighted by Crippen LogP contribution is -2.51. The highest BCUT2D eigenvalue weighted by atomic mass is 16.5. The standard InChI is InChI=1S/C18H27N3O4/c1-14-10-21(11-15(2)25-14)17(22)12-19-5-3-6-20(8-7-19)18(23)16-4-9-24-13-16/h4,9,13-15H,3,5-8,10-12H2,1-2H3/t14-,15+. The summed E-state index contributed by atoms with van der Waals surface area (Å²) in [7, 11) is 0. The number of amides is 2. The van der Waals surface area contributed by atoms with E-state index in [1.807, 2.05) is 23.6 Å². The first-order valence-corrected chi connectivity index (χ1v) is 9.00. The van der Waals surface area contributed by atoms with Crippen LogP contribution in [0.4, 0.5) is 0 Å². The van der Waals surface area contributed by atoms with E-state index in [4.69, 9.17) is 9.15 Å². The number of carbonyl (C=O) groups is 2. The van der Waals surface area contributed by atoms with Gasteiger partial charge in [-0.05, 0) is 26.3 Å². The van der Waals surface area contributed by atoms with Crippen LogP contribution in [0.15, 0.2) is 23.0 Å². The number of nitrogens with zero attached hydrogens (tertiary/aromatic N) is 3. The lowest BCUT2D eigenvalue weighted by atomic mass is 10.2. The van der Waals surface area contributed by atoms with Crippen molar-refractivity contribution in [3.8, 4) is 0 Å². The third kappa shape index (κ3) is 4.61. The normalized spacial score (nSPS) is 25.7. The Hall–Kier alpha value is -1.86. The van der Waals surface area contributed by atoms with E-state index in [1.165, 1.54) is 12.5 Å². The molecule has 0 spiro atoms. The summed E-state index contributed by atoms with van der Waals surface area (Å²) in [5.41, 5.74) is 0.584. The van der Waals surface area contributed by atoms with E-state index in [0.29, 0.717) is 44.8 Å². The van der Waals surface area contributed by atoms with Crippen molar-refractivity contribution in [1.29, 1.82) is 0 Å². The molecule has 7 heteroatoms. The Morgan fingerprint density at radius 1 is 1.08 bits per heavy atom. The molecule has 0 unspecified atom stereocenters. The molecule has 0 bridgehead atoms. The first-order valence-electron chi connectivity index (χ1n) is 9.00. The molecule has 0 aliphatic carbocycles. The fourth-order valence-electron chi connectivity index (χ4n) is 3.57. The molecule has 2 amide bonds. The van der Waals surface area contributed by atoms with E-state index in [0.717, 1.165) is 13.0 Å². The van der Waals surface area contributed by atoms with Crippen LogP contribution in [-0.4, -0.2) is 84.5 Å². The van der Waals surface area contributed by atoms with Gasteiger partial charge in [-0.3, -0.25) is 14.5 Å². The van der Waals surface area contributed by atoms with Crippen molar-refractivity contribution in [3.05, 3.63) is 24.2 Å². The maximum Gasteiger partial charge on any atom is 0.257 e. The summed E-state index contributed by atoms with van der Waals surface area (Å²) in [4.78, 5) is 30.9. The maximum absolute atomic E-state index is 12.6. The van der Waals surface area contributed by atoms with Gasteiger partial charge < -0.3 is 19.0 Å². The average Bonchev–Trinajstić information content (AvgIpc) is 3.01. The highest BCUT2D eigenvalue weighted by molar-refractivity contribution is 5.93. The minimum atomic E-state index is -0.00208. The Kier molecular flexibility index (Phi) is 5.75. The second-order valence-electron chi connectivity index (χ2n) is 6.99. The highest BCUT2D eigenvalue weighted by Gasteiger charge is 2.28. The lowest BCUT2D eigenvalue weighted by Gasteiger charge is -2.36. The quantitative estimate of drug-likeness (QED) is 0.816. The minimum Gasteiger partial charge on any atom is -0.472 e. The van der Waals surface area contributed by atoms with E-state index in [-0.39, 0.29) is 24.0 Å². The van der Waals surface area contributed by atoms with Crippen molar-refractivity contribution in [2.24, 2.45) is 0 Å². The van der Waals surface area contributed by atoms with Crippen molar-refractivity contribution < 1.29 is 18.7 Å². The van der Waals surface area contributed by atoms with E-state index >= 15 is 0 Å². The van der Waals surface area contributed by atoms with E-state index in [1.54, 1.807) is 6.07 Å².